The average Bonchev–Trinajstić information content (AvgIpc) is 2.67. The Kier molecular flexibility index (Phi) is 2.60. The van der Waals surface area contributed by atoms with Crippen LogP contribution in [-0.4, -0.2) is 15.1 Å². The molecule has 6 heteroatoms. The van der Waals surface area contributed by atoms with Crippen LogP contribution in [0.5, 0.6) is 5.88 Å². The molecule has 0 spiro atoms. The van der Waals surface area contributed by atoms with Gasteiger partial charge in [0.15, 0.2) is 17.5 Å². The van der Waals surface area contributed by atoms with E-state index in [1.807, 2.05) is 0 Å². The molecule has 0 aliphatic heterocycles. The molecule has 0 atom stereocenters. The maximum atomic E-state index is 5.62. The van der Waals surface area contributed by atoms with Crippen molar-refractivity contribution in [1.29, 1.82) is 0 Å². The van der Waals surface area contributed by atoms with Crippen LogP contribution < -0.4 is 4.74 Å². The lowest BCUT2D eigenvalue weighted by Gasteiger charge is -2.00. The molecular weight excluding hydrogens is 206 g/mol. The third-order valence-corrected chi connectivity index (χ3v) is 1.62. The number of nitrogens with zero attached hydrogens (tertiary/aromatic N) is 3. The average molecular weight is 212 g/mol. The number of hydrogen-bond donors (Lipinski definition) is 0. The molecule has 0 aliphatic carbocycles. The van der Waals surface area contributed by atoms with Crippen LogP contribution in [0.25, 0.3) is 0 Å². The summed E-state index contributed by atoms with van der Waals surface area (Å²) in [5, 5.41) is 3.83. The second-order valence-electron chi connectivity index (χ2n) is 2.45. The van der Waals surface area contributed by atoms with Crippen molar-refractivity contribution in [2.75, 3.05) is 0 Å². The third kappa shape index (κ3) is 2.20. The number of halogens is 1. The van der Waals surface area contributed by atoms with Gasteiger partial charge < -0.3 is 9.26 Å². The van der Waals surface area contributed by atoms with Gasteiger partial charge in [0.05, 0.1) is 18.6 Å². The molecule has 0 radical (unpaired) electrons. The van der Waals surface area contributed by atoms with E-state index in [0.717, 1.165) is 0 Å². The molecule has 0 aliphatic rings. The zero-order valence-electron chi connectivity index (χ0n) is 7.05. The molecule has 2 heterocycles. The Morgan fingerprint density at radius 2 is 2.36 bits per heavy atom. The SMILES string of the molecule is Clc1cncc(OCc2ccno2)n1. The third-order valence-electron chi connectivity index (χ3n) is 1.44. The summed E-state index contributed by atoms with van der Waals surface area (Å²) in [7, 11) is 0. The van der Waals surface area contributed by atoms with E-state index < -0.39 is 0 Å². The van der Waals surface area contributed by atoms with E-state index >= 15 is 0 Å². The van der Waals surface area contributed by atoms with E-state index in [4.69, 9.17) is 20.9 Å². The minimum absolute atomic E-state index is 0.259. The van der Waals surface area contributed by atoms with Gasteiger partial charge in [0.1, 0.15) is 0 Å². The van der Waals surface area contributed by atoms with Gasteiger partial charge in [0, 0.05) is 6.07 Å². The molecule has 2 rings (SSSR count). The Balaban J connectivity index is 1.98. The summed E-state index contributed by atoms with van der Waals surface area (Å²) in [5.74, 6) is 0.973. The lowest BCUT2D eigenvalue weighted by molar-refractivity contribution is 0.241. The molecular formula is C8H6ClN3O2. The standard InChI is InChI=1S/C8H6ClN3O2/c9-7-3-10-4-8(12-7)13-5-6-1-2-11-14-6/h1-4H,5H2. The molecule has 2 aromatic heterocycles. The summed E-state index contributed by atoms with van der Waals surface area (Å²) >= 11 is 5.62. The van der Waals surface area contributed by atoms with E-state index in [-0.39, 0.29) is 6.61 Å². The van der Waals surface area contributed by atoms with E-state index in [2.05, 4.69) is 15.1 Å². The molecule has 0 amide bonds. The molecule has 0 N–H and O–H groups in total. The predicted molar refractivity (Wildman–Crippen MR) is 47.9 cm³/mol. The van der Waals surface area contributed by atoms with Crippen molar-refractivity contribution in [2.45, 2.75) is 6.61 Å². The van der Waals surface area contributed by atoms with E-state index in [1.165, 1.54) is 12.4 Å². The zero-order valence-corrected chi connectivity index (χ0v) is 7.81. The van der Waals surface area contributed by atoms with Gasteiger partial charge in [0.2, 0.25) is 5.88 Å². The molecule has 0 fully saturated rings. The molecule has 2 aromatic rings. The van der Waals surface area contributed by atoms with Crippen LogP contribution in [0, 0.1) is 0 Å². The first kappa shape index (κ1) is 8.96. The van der Waals surface area contributed by atoms with Crippen LogP contribution in [0.3, 0.4) is 0 Å². The van der Waals surface area contributed by atoms with Crippen molar-refractivity contribution >= 4 is 11.6 Å². The van der Waals surface area contributed by atoms with Crippen LogP contribution in [0.1, 0.15) is 5.76 Å². The second kappa shape index (κ2) is 4.06. The van der Waals surface area contributed by atoms with Gasteiger partial charge in [0.25, 0.3) is 0 Å². The number of ether oxygens (including phenoxy) is 1. The summed E-state index contributed by atoms with van der Waals surface area (Å²) in [4.78, 5) is 7.71. The van der Waals surface area contributed by atoms with Crippen molar-refractivity contribution in [3.8, 4) is 5.88 Å². The second-order valence-corrected chi connectivity index (χ2v) is 2.83. The van der Waals surface area contributed by atoms with Crippen LogP contribution in [0.15, 0.2) is 29.2 Å². The van der Waals surface area contributed by atoms with Gasteiger partial charge in [-0.25, -0.2) is 0 Å². The monoisotopic (exact) mass is 211 g/mol. The Hall–Kier alpha value is -1.62. The van der Waals surface area contributed by atoms with Crippen LogP contribution in [-0.2, 0) is 6.61 Å². The van der Waals surface area contributed by atoms with Gasteiger partial charge >= 0.3 is 0 Å². The highest BCUT2D eigenvalue weighted by Crippen LogP contribution is 2.10. The van der Waals surface area contributed by atoms with Gasteiger partial charge in [-0.1, -0.05) is 16.8 Å². The first-order chi connectivity index (χ1) is 6.84. The Bertz CT molecular complexity index is 405. The van der Waals surface area contributed by atoms with Crippen LogP contribution in [0.2, 0.25) is 5.15 Å². The van der Waals surface area contributed by atoms with Crippen molar-refractivity contribution in [2.24, 2.45) is 0 Å². The summed E-state index contributed by atoms with van der Waals surface area (Å²) < 4.78 is 10.1. The van der Waals surface area contributed by atoms with Crippen molar-refractivity contribution in [1.82, 2.24) is 15.1 Å². The lowest BCUT2D eigenvalue weighted by Crippen LogP contribution is -1.96. The van der Waals surface area contributed by atoms with Gasteiger partial charge in [-0.05, 0) is 0 Å². The van der Waals surface area contributed by atoms with Gasteiger partial charge in [-0.2, -0.15) is 4.98 Å². The normalized spacial score (nSPS) is 10.1. The smallest absolute Gasteiger partial charge is 0.234 e. The quantitative estimate of drug-likeness (QED) is 0.773. The van der Waals surface area contributed by atoms with Gasteiger partial charge in [-0.3, -0.25) is 4.98 Å². The van der Waals surface area contributed by atoms with E-state index in [0.29, 0.717) is 16.8 Å². The minimum atomic E-state index is 0.259. The van der Waals surface area contributed by atoms with E-state index in [9.17, 15) is 0 Å². The predicted octanol–water partition coefficient (Wildman–Crippen LogP) is 1.70. The van der Waals surface area contributed by atoms with Crippen molar-refractivity contribution in [3.63, 3.8) is 0 Å². The van der Waals surface area contributed by atoms with Crippen molar-refractivity contribution in [3.05, 3.63) is 35.6 Å². The lowest BCUT2D eigenvalue weighted by atomic mass is 10.5. The Morgan fingerprint density at radius 3 is 3.07 bits per heavy atom. The number of hydrogen-bond acceptors (Lipinski definition) is 5. The maximum Gasteiger partial charge on any atom is 0.234 e. The molecule has 72 valence electrons. The first-order valence-electron chi connectivity index (χ1n) is 3.84. The maximum absolute atomic E-state index is 5.62. The van der Waals surface area contributed by atoms with Crippen LogP contribution in [0.4, 0.5) is 0 Å². The fraction of sp³-hybridized carbons (Fsp3) is 0.125. The van der Waals surface area contributed by atoms with Crippen LogP contribution >= 0.6 is 11.6 Å². The molecule has 0 aromatic carbocycles. The van der Waals surface area contributed by atoms with E-state index in [1.54, 1.807) is 12.3 Å². The molecule has 5 nitrogen and oxygen atoms in total. The minimum Gasteiger partial charge on any atom is -0.468 e. The molecule has 14 heavy (non-hydrogen) atoms. The highest BCUT2D eigenvalue weighted by Gasteiger charge is 2.00. The summed E-state index contributed by atoms with van der Waals surface area (Å²) in [5.41, 5.74) is 0. The number of rotatable bonds is 3. The fourth-order valence-corrected chi connectivity index (χ4v) is 0.996. The summed E-state index contributed by atoms with van der Waals surface area (Å²) in [6.07, 6.45) is 4.45. The molecule has 0 unspecified atom stereocenters. The topological polar surface area (TPSA) is 61.0 Å². The summed E-state index contributed by atoms with van der Waals surface area (Å²) in [6, 6.07) is 1.71. The summed E-state index contributed by atoms with van der Waals surface area (Å²) in [6.45, 7) is 0.259. The first-order valence-corrected chi connectivity index (χ1v) is 4.22. The molecule has 0 bridgehead atoms. The zero-order chi connectivity index (χ0) is 9.80. The highest BCUT2D eigenvalue weighted by atomic mass is 35.5. The molecule has 0 saturated heterocycles. The highest BCUT2D eigenvalue weighted by molar-refractivity contribution is 6.29. The van der Waals surface area contributed by atoms with Crippen molar-refractivity contribution < 1.29 is 9.26 Å². The Labute approximate surface area is 84.7 Å². The molecule has 0 saturated carbocycles. The fourth-order valence-electron chi connectivity index (χ4n) is 0.857. The number of aromatic nitrogens is 3. The van der Waals surface area contributed by atoms with Gasteiger partial charge in [-0.15, -0.1) is 0 Å². The Morgan fingerprint density at radius 1 is 1.43 bits per heavy atom. The largest absolute Gasteiger partial charge is 0.468 e.